The molecule has 1 aliphatic heterocycles. The van der Waals surface area contributed by atoms with Gasteiger partial charge in [0.15, 0.2) is 12.2 Å². The maximum Gasteiger partial charge on any atom is 0.465 e. The summed E-state index contributed by atoms with van der Waals surface area (Å²) in [5.41, 5.74) is -0.825. The number of hydrogen-bond acceptors (Lipinski definition) is 5. The van der Waals surface area contributed by atoms with Crippen LogP contribution in [0.1, 0.15) is 54.4 Å². The zero-order valence-electron chi connectivity index (χ0n) is 16.9. The Hall–Kier alpha value is -1.56. The van der Waals surface area contributed by atoms with Crippen molar-refractivity contribution in [2.45, 2.75) is 84.7 Å². The SMILES string of the molecule is CC(C)(C)CC(O)C(=O)O.CC(C)(C)CC1OC(C(F)(F)F)(C(F)(F)F)OC1=O. The summed E-state index contributed by atoms with van der Waals surface area (Å²) < 4.78 is 82.9. The molecule has 1 saturated heterocycles. The fourth-order valence-electron chi connectivity index (χ4n) is 2.24. The number of aliphatic carboxylic acids is 1. The molecule has 0 aromatic carbocycles. The van der Waals surface area contributed by atoms with Crippen LogP contribution in [0, 0.1) is 10.8 Å². The van der Waals surface area contributed by atoms with Gasteiger partial charge in [0, 0.05) is 0 Å². The molecule has 0 aromatic heterocycles. The predicted octanol–water partition coefficient (Wildman–Crippen LogP) is 4.05. The van der Waals surface area contributed by atoms with Crippen LogP contribution in [0.15, 0.2) is 0 Å². The molecule has 0 saturated carbocycles. The van der Waals surface area contributed by atoms with Crippen LogP contribution in [0.2, 0.25) is 0 Å². The molecule has 2 atom stereocenters. The molecule has 1 rings (SSSR count). The Balaban J connectivity index is 0.000000665. The summed E-state index contributed by atoms with van der Waals surface area (Å²) in [7, 11) is 0. The maximum absolute atomic E-state index is 12.6. The van der Waals surface area contributed by atoms with Crippen LogP contribution in [0.4, 0.5) is 26.3 Å². The van der Waals surface area contributed by atoms with Gasteiger partial charge in [-0.1, -0.05) is 41.5 Å². The van der Waals surface area contributed by atoms with Crippen molar-refractivity contribution in [3.05, 3.63) is 0 Å². The van der Waals surface area contributed by atoms with Crippen LogP contribution in [0.3, 0.4) is 0 Å². The number of carboxylic acid groups (broad SMARTS) is 1. The zero-order chi connectivity index (χ0) is 23.6. The molecule has 0 amide bonds. The molecular weight excluding hydrogens is 414 g/mol. The van der Waals surface area contributed by atoms with E-state index in [1.807, 2.05) is 20.8 Å². The number of rotatable bonds is 3. The first kappa shape index (κ1) is 27.4. The quantitative estimate of drug-likeness (QED) is 0.508. The Morgan fingerprint density at radius 1 is 1.00 bits per heavy atom. The van der Waals surface area contributed by atoms with Crippen LogP contribution in [-0.4, -0.2) is 52.5 Å². The minimum atomic E-state index is -5.90. The lowest BCUT2D eigenvalue weighted by Gasteiger charge is -2.30. The zero-order valence-corrected chi connectivity index (χ0v) is 16.9. The Kier molecular flexibility index (Phi) is 8.20. The average Bonchev–Trinajstić information content (AvgIpc) is 2.73. The Labute approximate surface area is 164 Å². The fourth-order valence-corrected chi connectivity index (χ4v) is 2.24. The number of carboxylic acids is 1. The number of alkyl halides is 6. The maximum atomic E-state index is 12.6. The highest BCUT2D eigenvalue weighted by Crippen LogP contribution is 2.51. The van der Waals surface area contributed by atoms with E-state index in [9.17, 15) is 35.9 Å². The molecule has 0 radical (unpaired) electrons. The lowest BCUT2D eigenvalue weighted by molar-refractivity contribution is -0.439. The van der Waals surface area contributed by atoms with Crippen molar-refractivity contribution in [2.24, 2.45) is 10.8 Å². The van der Waals surface area contributed by atoms with Gasteiger partial charge in [-0.25, -0.2) is 9.59 Å². The van der Waals surface area contributed by atoms with Crippen molar-refractivity contribution in [1.29, 1.82) is 0 Å². The van der Waals surface area contributed by atoms with Gasteiger partial charge in [-0.05, 0) is 23.7 Å². The lowest BCUT2D eigenvalue weighted by atomic mass is 9.89. The van der Waals surface area contributed by atoms with E-state index in [0.717, 1.165) is 0 Å². The highest BCUT2D eigenvalue weighted by molar-refractivity contribution is 5.77. The van der Waals surface area contributed by atoms with Gasteiger partial charge in [-0.2, -0.15) is 26.3 Å². The van der Waals surface area contributed by atoms with Gasteiger partial charge in [0.2, 0.25) is 0 Å². The third-order valence-corrected chi connectivity index (χ3v) is 3.45. The molecule has 0 bridgehead atoms. The summed E-state index contributed by atoms with van der Waals surface area (Å²) in [5, 5.41) is 17.2. The topological polar surface area (TPSA) is 93.1 Å². The van der Waals surface area contributed by atoms with Crippen molar-refractivity contribution in [3.63, 3.8) is 0 Å². The third-order valence-electron chi connectivity index (χ3n) is 3.45. The van der Waals surface area contributed by atoms with E-state index >= 15 is 0 Å². The molecule has 2 unspecified atom stereocenters. The van der Waals surface area contributed by atoms with E-state index in [2.05, 4.69) is 9.47 Å². The molecule has 1 aliphatic rings. The van der Waals surface area contributed by atoms with E-state index in [1.165, 1.54) is 0 Å². The van der Waals surface area contributed by atoms with E-state index in [-0.39, 0.29) is 11.8 Å². The Morgan fingerprint density at radius 3 is 1.62 bits per heavy atom. The number of carbonyl (C=O) groups is 2. The van der Waals surface area contributed by atoms with E-state index in [0.29, 0.717) is 6.42 Å². The van der Waals surface area contributed by atoms with Gasteiger partial charge >= 0.3 is 30.1 Å². The number of cyclic esters (lactones) is 1. The molecule has 12 heteroatoms. The summed E-state index contributed by atoms with van der Waals surface area (Å²) in [5.74, 6) is -7.67. The Bertz CT molecular complexity index is 571. The molecule has 0 aromatic rings. The number of hydrogen-bond donors (Lipinski definition) is 2. The summed E-state index contributed by atoms with van der Waals surface area (Å²) in [6, 6.07) is 0. The second kappa shape index (κ2) is 8.66. The summed E-state index contributed by atoms with van der Waals surface area (Å²) >= 11 is 0. The van der Waals surface area contributed by atoms with Gasteiger partial charge < -0.3 is 19.7 Å². The minimum Gasteiger partial charge on any atom is -0.479 e. The first-order valence-electron chi connectivity index (χ1n) is 8.47. The van der Waals surface area contributed by atoms with Gasteiger partial charge in [0.05, 0.1) is 0 Å². The van der Waals surface area contributed by atoms with Crippen LogP contribution in [0.25, 0.3) is 0 Å². The molecule has 1 fully saturated rings. The van der Waals surface area contributed by atoms with Crippen molar-refractivity contribution in [1.82, 2.24) is 0 Å². The molecule has 6 nitrogen and oxygen atoms in total. The second-order valence-corrected chi connectivity index (χ2v) is 9.02. The van der Waals surface area contributed by atoms with Gasteiger partial charge in [0.1, 0.15) is 0 Å². The third kappa shape index (κ3) is 8.00. The first-order valence-corrected chi connectivity index (χ1v) is 8.47. The first-order chi connectivity index (χ1) is 12.5. The molecule has 1 heterocycles. The summed E-state index contributed by atoms with van der Waals surface area (Å²) in [4.78, 5) is 21.3. The largest absolute Gasteiger partial charge is 0.479 e. The van der Waals surface area contributed by atoms with Crippen LogP contribution < -0.4 is 0 Å². The predicted molar refractivity (Wildman–Crippen MR) is 87.6 cm³/mol. The van der Waals surface area contributed by atoms with Crippen molar-refractivity contribution in [3.8, 4) is 0 Å². The molecule has 0 aliphatic carbocycles. The van der Waals surface area contributed by atoms with Gasteiger partial charge in [0.25, 0.3) is 0 Å². The standard InChI is InChI=1S/C10H12F6O3.C7H14O3/c1-7(2,3)4-5-6(17)19-8(18-5,9(11,12)13)10(14,15)16;1-7(2,3)4-5(8)6(9)10/h5H,4H2,1-3H3;5,8H,4H2,1-3H3,(H,9,10). The highest BCUT2D eigenvalue weighted by atomic mass is 19.4. The number of ether oxygens (including phenoxy) is 2. The number of aliphatic hydroxyl groups is 1. The minimum absolute atomic E-state index is 0.127. The lowest BCUT2D eigenvalue weighted by Crippen LogP contribution is -2.58. The highest BCUT2D eigenvalue weighted by Gasteiger charge is 2.80. The van der Waals surface area contributed by atoms with Crippen LogP contribution in [0.5, 0.6) is 0 Å². The molecule has 0 spiro atoms. The van der Waals surface area contributed by atoms with Crippen LogP contribution in [-0.2, 0) is 19.1 Å². The number of halogens is 6. The summed E-state index contributed by atoms with van der Waals surface area (Å²) in [6.07, 6.45) is -14.9. The second-order valence-electron chi connectivity index (χ2n) is 9.02. The van der Waals surface area contributed by atoms with E-state index < -0.39 is 47.7 Å². The molecule has 2 N–H and O–H groups in total. The molecular formula is C17H26F6O6. The van der Waals surface area contributed by atoms with E-state index in [4.69, 9.17) is 10.2 Å². The molecule has 172 valence electrons. The monoisotopic (exact) mass is 440 g/mol. The molecule has 29 heavy (non-hydrogen) atoms. The number of aliphatic hydroxyl groups excluding tert-OH is 1. The number of esters is 1. The van der Waals surface area contributed by atoms with Crippen molar-refractivity contribution >= 4 is 11.9 Å². The smallest absolute Gasteiger partial charge is 0.465 e. The average molecular weight is 440 g/mol. The Morgan fingerprint density at radius 2 is 1.41 bits per heavy atom. The van der Waals surface area contributed by atoms with Crippen molar-refractivity contribution < 1.29 is 55.6 Å². The number of carbonyl (C=O) groups excluding carboxylic acids is 1. The summed E-state index contributed by atoms with van der Waals surface area (Å²) in [6.45, 7) is 10.3. The normalized spacial score (nSPS) is 21.1. The van der Waals surface area contributed by atoms with Crippen molar-refractivity contribution in [2.75, 3.05) is 0 Å². The van der Waals surface area contributed by atoms with Gasteiger partial charge in [-0.15, -0.1) is 0 Å². The van der Waals surface area contributed by atoms with Gasteiger partial charge in [-0.3, -0.25) is 0 Å². The fraction of sp³-hybridized carbons (Fsp3) is 0.882. The van der Waals surface area contributed by atoms with Crippen LogP contribution >= 0.6 is 0 Å². The van der Waals surface area contributed by atoms with E-state index in [1.54, 1.807) is 20.8 Å².